The molecule has 0 bridgehead atoms. The summed E-state index contributed by atoms with van der Waals surface area (Å²) in [6, 6.07) is 4.21. The number of azide groups is 1. The van der Waals surface area contributed by atoms with Crippen molar-refractivity contribution in [1.29, 1.82) is 0 Å². The van der Waals surface area contributed by atoms with Gasteiger partial charge in [0, 0.05) is 42.0 Å². The van der Waals surface area contributed by atoms with Gasteiger partial charge in [-0.25, -0.2) is 0 Å². The fourth-order valence-electron chi connectivity index (χ4n) is 2.28. The molecule has 0 saturated carbocycles. The normalized spacial score (nSPS) is 16.2. The first-order valence-corrected chi connectivity index (χ1v) is 7.56. The van der Waals surface area contributed by atoms with Crippen molar-refractivity contribution >= 4 is 17.2 Å². The Bertz CT molecular complexity index is 513. The Hall–Kier alpha value is -1.56. The van der Waals surface area contributed by atoms with E-state index in [1.54, 1.807) is 0 Å². The number of thiophene rings is 1. The Morgan fingerprint density at radius 1 is 1.40 bits per heavy atom. The third-order valence-electron chi connectivity index (χ3n) is 3.49. The number of amides is 1. The summed E-state index contributed by atoms with van der Waals surface area (Å²) in [5, 5.41) is 3.52. The minimum Gasteiger partial charge on any atom is -0.335 e. The van der Waals surface area contributed by atoms with Gasteiger partial charge in [-0.15, -0.1) is 11.3 Å². The Morgan fingerprint density at radius 2 is 2.10 bits per heavy atom. The van der Waals surface area contributed by atoms with Crippen molar-refractivity contribution < 1.29 is 4.79 Å². The zero-order chi connectivity index (χ0) is 14.5. The number of carbonyl (C=O) groups excluding carboxylic acids is 1. The molecule has 0 unspecified atom stereocenters. The first kappa shape index (κ1) is 14.8. The molecule has 1 fully saturated rings. The van der Waals surface area contributed by atoms with Gasteiger partial charge in [-0.3, -0.25) is 9.69 Å². The quantitative estimate of drug-likeness (QED) is 0.486. The van der Waals surface area contributed by atoms with E-state index in [0.717, 1.165) is 35.9 Å². The van der Waals surface area contributed by atoms with Gasteiger partial charge in [0.25, 0.3) is 5.91 Å². The molecule has 0 spiro atoms. The summed E-state index contributed by atoms with van der Waals surface area (Å²) in [7, 11) is 0. The van der Waals surface area contributed by atoms with E-state index in [-0.39, 0.29) is 5.91 Å². The van der Waals surface area contributed by atoms with Crippen molar-refractivity contribution in [2.24, 2.45) is 5.11 Å². The molecule has 6 nitrogen and oxygen atoms in total. The van der Waals surface area contributed by atoms with E-state index in [1.807, 2.05) is 17.0 Å². The van der Waals surface area contributed by atoms with Crippen molar-refractivity contribution in [1.82, 2.24) is 9.80 Å². The van der Waals surface area contributed by atoms with Crippen LogP contribution in [0.1, 0.15) is 28.4 Å². The summed E-state index contributed by atoms with van der Waals surface area (Å²) in [6.07, 6.45) is 0. The Balaban J connectivity index is 1.95. The highest BCUT2D eigenvalue weighted by molar-refractivity contribution is 7.14. The minimum absolute atomic E-state index is 0.0885. The molecule has 0 atom stereocenters. The van der Waals surface area contributed by atoms with Gasteiger partial charge in [-0.2, -0.15) is 0 Å². The van der Waals surface area contributed by atoms with E-state index >= 15 is 0 Å². The fourth-order valence-corrected chi connectivity index (χ4v) is 3.17. The number of carbonyl (C=O) groups is 1. The lowest BCUT2D eigenvalue weighted by atomic mass is 10.2. The van der Waals surface area contributed by atoms with Crippen LogP contribution in [-0.2, 0) is 6.54 Å². The Morgan fingerprint density at radius 3 is 2.70 bits per heavy atom. The van der Waals surface area contributed by atoms with Crippen LogP contribution in [0.5, 0.6) is 0 Å². The molecular weight excluding hydrogens is 274 g/mol. The molecule has 1 aromatic heterocycles. The van der Waals surface area contributed by atoms with Gasteiger partial charge in [0.1, 0.15) is 0 Å². The molecule has 1 aliphatic rings. The van der Waals surface area contributed by atoms with Crippen molar-refractivity contribution in [2.75, 3.05) is 26.2 Å². The molecule has 1 aromatic rings. The summed E-state index contributed by atoms with van der Waals surface area (Å²) >= 11 is 1.41. The molecule has 2 rings (SSSR count). The van der Waals surface area contributed by atoms with Gasteiger partial charge in [0.2, 0.25) is 0 Å². The maximum atomic E-state index is 12.4. The highest BCUT2D eigenvalue weighted by Gasteiger charge is 2.24. The summed E-state index contributed by atoms with van der Waals surface area (Å²) in [5.41, 5.74) is 8.30. The maximum Gasteiger partial charge on any atom is 0.264 e. The smallest absolute Gasteiger partial charge is 0.264 e. The van der Waals surface area contributed by atoms with Crippen molar-refractivity contribution in [3.8, 4) is 0 Å². The summed E-state index contributed by atoms with van der Waals surface area (Å²) in [5.74, 6) is 0.0885. The van der Waals surface area contributed by atoms with Crippen molar-refractivity contribution in [3.05, 3.63) is 32.3 Å². The lowest BCUT2D eigenvalue weighted by Gasteiger charge is -2.36. The topological polar surface area (TPSA) is 72.3 Å². The van der Waals surface area contributed by atoms with Gasteiger partial charge >= 0.3 is 0 Å². The largest absolute Gasteiger partial charge is 0.335 e. The molecule has 20 heavy (non-hydrogen) atoms. The third-order valence-corrected chi connectivity index (χ3v) is 4.55. The van der Waals surface area contributed by atoms with Gasteiger partial charge in [0.15, 0.2) is 0 Å². The molecule has 1 aliphatic heterocycles. The minimum atomic E-state index is 0.0885. The first-order valence-electron chi connectivity index (χ1n) is 6.74. The van der Waals surface area contributed by atoms with Crippen LogP contribution in [0.3, 0.4) is 0 Å². The maximum absolute atomic E-state index is 12.4. The van der Waals surface area contributed by atoms with Gasteiger partial charge in [-0.1, -0.05) is 5.11 Å². The summed E-state index contributed by atoms with van der Waals surface area (Å²) in [4.78, 5) is 21.0. The van der Waals surface area contributed by atoms with Crippen LogP contribution in [0.4, 0.5) is 0 Å². The molecule has 1 amide bonds. The van der Waals surface area contributed by atoms with Crippen LogP contribution in [0.2, 0.25) is 0 Å². The Kier molecular flexibility index (Phi) is 5.00. The van der Waals surface area contributed by atoms with Crippen LogP contribution in [0.15, 0.2) is 17.2 Å². The monoisotopic (exact) mass is 293 g/mol. The molecule has 108 valence electrons. The van der Waals surface area contributed by atoms with Crippen molar-refractivity contribution in [3.63, 3.8) is 0 Å². The van der Waals surface area contributed by atoms with Crippen LogP contribution >= 0.6 is 11.3 Å². The van der Waals surface area contributed by atoms with Crippen LogP contribution in [0.25, 0.3) is 10.4 Å². The highest BCUT2D eigenvalue weighted by Crippen LogP contribution is 2.20. The second kappa shape index (κ2) is 6.74. The predicted octanol–water partition coefficient (Wildman–Crippen LogP) is 2.72. The van der Waals surface area contributed by atoms with E-state index in [4.69, 9.17) is 5.53 Å². The molecule has 0 N–H and O–H groups in total. The number of nitrogens with zero attached hydrogens (tertiary/aromatic N) is 5. The summed E-state index contributed by atoms with van der Waals surface area (Å²) < 4.78 is 0. The van der Waals surface area contributed by atoms with Crippen LogP contribution in [-0.4, -0.2) is 47.9 Å². The average molecular weight is 293 g/mol. The van der Waals surface area contributed by atoms with E-state index in [0.29, 0.717) is 12.6 Å². The fraction of sp³-hybridized carbons (Fsp3) is 0.615. The molecule has 0 radical (unpaired) electrons. The second-order valence-corrected chi connectivity index (χ2v) is 6.25. The molecule has 0 aliphatic carbocycles. The van der Waals surface area contributed by atoms with Crippen molar-refractivity contribution in [2.45, 2.75) is 26.4 Å². The highest BCUT2D eigenvalue weighted by atomic mass is 32.1. The predicted molar refractivity (Wildman–Crippen MR) is 79.8 cm³/mol. The molecular formula is C13H19N5OS. The molecule has 1 saturated heterocycles. The number of hydrogen-bond donors (Lipinski definition) is 0. The average Bonchev–Trinajstić information content (AvgIpc) is 2.93. The first-order chi connectivity index (χ1) is 9.61. The lowest BCUT2D eigenvalue weighted by molar-refractivity contribution is 0.0600. The summed E-state index contributed by atoms with van der Waals surface area (Å²) in [6.45, 7) is 8.09. The number of hydrogen-bond acceptors (Lipinski definition) is 4. The molecule has 2 heterocycles. The van der Waals surface area contributed by atoms with E-state index in [2.05, 4.69) is 28.8 Å². The third kappa shape index (κ3) is 3.50. The number of piperazine rings is 1. The SMILES string of the molecule is CC(C)N1CCN(C(=O)c2ccc(CN=[N+]=[N-])s2)CC1. The molecule has 0 aromatic carbocycles. The molecule has 7 heteroatoms. The van der Waals surface area contributed by atoms with Gasteiger partial charge < -0.3 is 4.90 Å². The van der Waals surface area contributed by atoms with E-state index in [9.17, 15) is 4.79 Å². The Labute approximate surface area is 122 Å². The zero-order valence-electron chi connectivity index (χ0n) is 11.8. The van der Waals surface area contributed by atoms with Gasteiger partial charge in [0.05, 0.1) is 11.4 Å². The zero-order valence-corrected chi connectivity index (χ0v) is 12.6. The number of rotatable bonds is 4. The van der Waals surface area contributed by atoms with Crippen LogP contribution in [0, 0.1) is 0 Å². The van der Waals surface area contributed by atoms with E-state index in [1.165, 1.54) is 11.3 Å². The van der Waals surface area contributed by atoms with Gasteiger partial charge in [-0.05, 0) is 31.5 Å². The standard InChI is InChI=1S/C13H19N5OS/c1-10(2)17-5-7-18(8-6-17)13(19)12-4-3-11(20-12)9-15-16-14/h3-4,10H,5-9H2,1-2H3. The lowest BCUT2D eigenvalue weighted by Crippen LogP contribution is -2.50. The van der Waals surface area contributed by atoms with E-state index < -0.39 is 0 Å². The second-order valence-electron chi connectivity index (χ2n) is 5.08. The van der Waals surface area contributed by atoms with Crippen LogP contribution < -0.4 is 0 Å².